The first kappa shape index (κ1) is 22.1. The summed E-state index contributed by atoms with van der Waals surface area (Å²) in [5.74, 6) is -0.0786. The number of rotatable bonds is 4. The van der Waals surface area contributed by atoms with Gasteiger partial charge in [0.15, 0.2) is 0 Å². The van der Waals surface area contributed by atoms with Gasteiger partial charge in [0.1, 0.15) is 0 Å². The Morgan fingerprint density at radius 2 is 1.55 bits per heavy atom. The molecule has 1 aromatic heterocycles. The van der Waals surface area contributed by atoms with Crippen molar-refractivity contribution in [3.8, 4) is 11.3 Å². The molecule has 2 heterocycles. The Kier molecular flexibility index (Phi) is 5.94. The van der Waals surface area contributed by atoms with Gasteiger partial charge in [0.05, 0.1) is 11.3 Å². The van der Waals surface area contributed by atoms with Crippen molar-refractivity contribution in [3.63, 3.8) is 0 Å². The number of alkyl halides is 3. The Bertz CT molecular complexity index is 1270. The third-order valence-corrected chi connectivity index (χ3v) is 6.96. The van der Waals surface area contributed by atoms with Gasteiger partial charge in [-0.3, -0.25) is 4.90 Å². The van der Waals surface area contributed by atoms with Crippen molar-refractivity contribution >= 4 is 22.5 Å². The minimum Gasteiger partial charge on any atom is -0.354 e. The molecular formula is C27H24ClF3N2. The van der Waals surface area contributed by atoms with Crippen molar-refractivity contribution in [1.29, 1.82) is 0 Å². The van der Waals surface area contributed by atoms with E-state index in [1.165, 1.54) is 17.7 Å². The molecule has 3 aromatic carbocycles. The number of halogens is 4. The van der Waals surface area contributed by atoms with Gasteiger partial charge >= 0.3 is 6.18 Å². The van der Waals surface area contributed by atoms with Gasteiger partial charge < -0.3 is 4.98 Å². The molecule has 1 fully saturated rings. The fourth-order valence-electron chi connectivity index (χ4n) is 4.99. The summed E-state index contributed by atoms with van der Waals surface area (Å²) in [4.78, 5) is 5.87. The molecule has 1 saturated heterocycles. The monoisotopic (exact) mass is 468 g/mol. The number of para-hydroxylation sites is 1. The summed E-state index contributed by atoms with van der Waals surface area (Å²) in [6.07, 6.45) is -2.91. The summed E-state index contributed by atoms with van der Waals surface area (Å²) in [5, 5.41) is 1.84. The lowest BCUT2D eigenvalue weighted by Crippen LogP contribution is -2.33. The average Bonchev–Trinajstić information content (AvgIpc) is 3.17. The topological polar surface area (TPSA) is 19.0 Å². The first-order valence-electron chi connectivity index (χ1n) is 11.1. The zero-order valence-corrected chi connectivity index (χ0v) is 18.8. The second-order valence-electron chi connectivity index (χ2n) is 8.64. The van der Waals surface area contributed by atoms with E-state index in [2.05, 4.69) is 22.0 Å². The number of aromatic nitrogens is 1. The smallest absolute Gasteiger partial charge is 0.354 e. The lowest BCUT2D eigenvalue weighted by atomic mass is 9.86. The fourth-order valence-corrected chi connectivity index (χ4v) is 5.23. The molecule has 1 aliphatic rings. The molecule has 0 bridgehead atoms. The number of aromatic amines is 1. The molecule has 4 aromatic rings. The molecule has 1 aliphatic heterocycles. The summed E-state index contributed by atoms with van der Waals surface area (Å²) >= 11 is 6.51. The molecule has 170 valence electrons. The maximum atomic E-state index is 13.5. The number of fused-ring (bicyclic) bond motifs is 1. The van der Waals surface area contributed by atoms with E-state index in [4.69, 9.17) is 11.6 Å². The van der Waals surface area contributed by atoms with Crippen molar-refractivity contribution in [2.75, 3.05) is 13.1 Å². The van der Waals surface area contributed by atoms with Crippen LogP contribution in [0.25, 0.3) is 22.2 Å². The molecule has 5 rings (SSSR count). The van der Waals surface area contributed by atoms with E-state index < -0.39 is 11.7 Å². The standard InChI is InChI=1S/C27H24ClF3N2/c28-24-11-5-2-9-21(24)26-22(20-8-3-6-12-25(20)32-26)17-33-15-13-18(14-16-33)19-7-1-4-10-23(19)27(29,30)31/h1-12,18,32H,13-17H2. The first-order chi connectivity index (χ1) is 15.9. The summed E-state index contributed by atoms with van der Waals surface area (Å²) in [6, 6.07) is 22.0. The molecule has 1 N–H and O–H groups in total. The summed E-state index contributed by atoms with van der Waals surface area (Å²) in [7, 11) is 0. The molecule has 0 spiro atoms. The minimum atomic E-state index is -4.32. The molecule has 0 unspecified atom stereocenters. The number of hydrogen-bond donors (Lipinski definition) is 1. The molecular weight excluding hydrogens is 445 g/mol. The molecule has 33 heavy (non-hydrogen) atoms. The summed E-state index contributed by atoms with van der Waals surface area (Å²) in [6.45, 7) is 2.22. The number of H-pyrrole nitrogens is 1. The number of piperidine rings is 1. The first-order valence-corrected chi connectivity index (χ1v) is 11.5. The van der Waals surface area contributed by atoms with Crippen LogP contribution in [0, 0.1) is 0 Å². The number of nitrogens with zero attached hydrogens (tertiary/aromatic N) is 1. The minimum absolute atomic E-state index is 0.0786. The highest BCUT2D eigenvalue weighted by Gasteiger charge is 2.35. The molecule has 0 amide bonds. The fraction of sp³-hybridized carbons (Fsp3) is 0.259. The van der Waals surface area contributed by atoms with Gasteiger partial charge in [-0.25, -0.2) is 0 Å². The van der Waals surface area contributed by atoms with E-state index in [1.54, 1.807) is 12.1 Å². The van der Waals surface area contributed by atoms with Crippen LogP contribution in [-0.4, -0.2) is 23.0 Å². The van der Waals surface area contributed by atoms with Gasteiger partial charge in [-0.1, -0.05) is 66.2 Å². The second kappa shape index (κ2) is 8.88. The zero-order chi connectivity index (χ0) is 23.0. The normalized spacial score (nSPS) is 15.9. The Balaban J connectivity index is 1.40. The average molecular weight is 469 g/mol. The van der Waals surface area contributed by atoms with E-state index in [9.17, 15) is 13.2 Å². The molecule has 6 heteroatoms. The SMILES string of the molecule is FC(F)(F)c1ccccc1C1CCN(Cc2c(-c3ccccc3Cl)[nH]c3ccccc23)CC1. The van der Waals surface area contributed by atoms with Gasteiger partial charge in [0, 0.05) is 28.0 Å². The van der Waals surface area contributed by atoms with Crippen molar-refractivity contribution in [2.24, 2.45) is 0 Å². The van der Waals surface area contributed by atoms with Crippen LogP contribution in [0.2, 0.25) is 5.02 Å². The van der Waals surface area contributed by atoms with E-state index in [-0.39, 0.29) is 5.92 Å². The van der Waals surface area contributed by atoms with E-state index in [0.717, 1.165) is 41.8 Å². The van der Waals surface area contributed by atoms with Crippen LogP contribution in [0.4, 0.5) is 13.2 Å². The maximum Gasteiger partial charge on any atom is 0.416 e. The Morgan fingerprint density at radius 1 is 0.879 bits per heavy atom. The van der Waals surface area contributed by atoms with Gasteiger partial charge in [-0.15, -0.1) is 0 Å². The number of nitrogens with one attached hydrogen (secondary N) is 1. The van der Waals surface area contributed by atoms with Crippen LogP contribution < -0.4 is 0 Å². The highest BCUT2D eigenvalue weighted by atomic mass is 35.5. The Morgan fingerprint density at radius 3 is 2.30 bits per heavy atom. The molecule has 0 atom stereocenters. The third-order valence-electron chi connectivity index (χ3n) is 6.63. The van der Waals surface area contributed by atoms with Gasteiger partial charge in [0.25, 0.3) is 0 Å². The number of likely N-dealkylation sites (tertiary alicyclic amines) is 1. The van der Waals surface area contributed by atoms with Crippen LogP contribution in [0.15, 0.2) is 72.8 Å². The molecule has 2 nitrogen and oxygen atoms in total. The highest BCUT2D eigenvalue weighted by molar-refractivity contribution is 6.33. The van der Waals surface area contributed by atoms with Crippen molar-refractivity contribution < 1.29 is 13.2 Å². The van der Waals surface area contributed by atoms with Crippen LogP contribution in [0.3, 0.4) is 0 Å². The summed E-state index contributed by atoms with van der Waals surface area (Å²) < 4.78 is 40.5. The quantitative estimate of drug-likeness (QED) is 0.322. The predicted octanol–water partition coefficient (Wildman–Crippen LogP) is 7.89. The van der Waals surface area contributed by atoms with E-state index >= 15 is 0 Å². The third kappa shape index (κ3) is 4.40. The lowest BCUT2D eigenvalue weighted by molar-refractivity contribution is -0.138. The maximum absolute atomic E-state index is 13.5. The Labute approximate surface area is 196 Å². The van der Waals surface area contributed by atoms with Crippen molar-refractivity contribution in [2.45, 2.75) is 31.5 Å². The van der Waals surface area contributed by atoms with E-state index in [1.807, 2.05) is 36.4 Å². The highest BCUT2D eigenvalue weighted by Crippen LogP contribution is 2.40. The van der Waals surface area contributed by atoms with Crippen LogP contribution in [-0.2, 0) is 12.7 Å². The summed E-state index contributed by atoms with van der Waals surface area (Å²) in [5.41, 5.74) is 4.12. The number of benzene rings is 3. The predicted molar refractivity (Wildman–Crippen MR) is 127 cm³/mol. The van der Waals surface area contributed by atoms with Crippen LogP contribution in [0.5, 0.6) is 0 Å². The molecule has 0 saturated carbocycles. The van der Waals surface area contributed by atoms with Crippen LogP contribution >= 0.6 is 11.6 Å². The van der Waals surface area contributed by atoms with Gasteiger partial charge in [0.2, 0.25) is 0 Å². The largest absolute Gasteiger partial charge is 0.416 e. The van der Waals surface area contributed by atoms with Crippen molar-refractivity contribution in [3.05, 3.63) is 94.5 Å². The second-order valence-corrected chi connectivity index (χ2v) is 9.05. The Hall–Kier alpha value is -2.76. The molecule has 0 radical (unpaired) electrons. The number of hydrogen-bond acceptors (Lipinski definition) is 1. The van der Waals surface area contributed by atoms with Crippen molar-refractivity contribution in [1.82, 2.24) is 9.88 Å². The van der Waals surface area contributed by atoms with Gasteiger partial charge in [-0.05, 0) is 61.2 Å². The zero-order valence-electron chi connectivity index (χ0n) is 18.0. The van der Waals surface area contributed by atoms with Crippen LogP contribution in [0.1, 0.15) is 35.4 Å². The van der Waals surface area contributed by atoms with E-state index in [0.29, 0.717) is 23.4 Å². The van der Waals surface area contributed by atoms with Gasteiger partial charge in [-0.2, -0.15) is 13.2 Å². The molecule has 0 aliphatic carbocycles. The lowest BCUT2D eigenvalue weighted by Gasteiger charge is -2.33.